The molecule has 10 heteroatoms. The number of aryl methyl sites for hydroxylation is 2. The number of hydrogen-bond donors (Lipinski definition) is 1. The van der Waals surface area contributed by atoms with E-state index in [0.717, 1.165) is 41.5 Å². The van der Waals surface area contributed by atoms with Gasteiger partial charge in [-0.1, -0.05) is 24.3 Å². The van der Waals surface area contributed by atoms with Crippen LogP contribution in [-0.2, 0) is 11.3 Å². The van der Waals surface area contributed by atoms with Gasteiger partial charge in [-0.25, -0.2) is 9.07 Å². The summed E-state index contributed by atoms with van der Waals surface area (Å²) in [5.74, 6) is 0.392. The molecule has 198 valence electrons. The number of nitrogens with zero attached hydrogens (tertiary/aromatic N) is 6. The number of benzene rings is 2. The first-order valence-electron chi connectivity index (χ1n) is 13.2. The Morgan fingerprint density at radius 3 is 2.71 bits per heavy atom. The maximum atomic E-state index is 14.5. The molecule has 0 unspecified atom stereocenters. The number of hydrogen-bond acceptors (Lipinski definition) is 7. The molecule has 2 aliphatic rings. The van der Waals surface area contributed by atoms with Gasteiger partial charge in [0, 0.05) is 38.3 Å². The van der Waals surface area contributed by atoms with Crippen LogP contribution in [0.1, 0.15) is 41.4 Å². The second-order valence-corrected chi connectivity index (χ2v) is 10.3. The van der Waals surface area contributed by atoms with Crippen molar-refractivity contribution in [2.45, 2.75) is 45.4 Å². The molecular weight excluding hydrogens is 485 g/mol. The average Bonchev–Trinajstić information content (AvgIpc) is 3.61. The summed E-state index contributed by atoms with van der Waals surface area (Å²) in [5.41, 5.74) is 4.08. The molecule has 2 saturated heterocycles. The van der Waals surface area contributed by atoms with E-state index in [1.54, 1.807) is 10.7 Å². The minimum Gasteiger partial charge on any atom is -0.376 e. The fourth-order valence-electron chi connectivity index (χ4n) is 5.69. The first-order valence-corrected chi connectivity index (χ1v) is 13.2. The van der Waals surface area contributed by atoms with Gasteiger partial charge >= 0.3 is 0 Å². The van der Waals surface area contributed by atoms with Crippen molar-refractivity contribution >= 4 is 16.6 Å². The topological polar surface area (TPSA) is 92.2 Å². The van der Waals surface area contributed by atoms with E-state index in [1.807, 2.05) is 38.1 Å². The molecule has 0 spiro atoms. The van der Waals surface area contributed by atoms with Crippen LogP contribution >= 0.6 is 0 Å². The lowest BCUT2D eigenvalue weighted by Gasteiger charge is -2.39. The van der Waals surface area contributed by atoms with Crippen molar-refractivity contribution < 1.29 is 9.13 Å². The molecule has 2 aromatic carbocycles. The SMILES string of the molecule is Cc1ccc2cc([C@H](c3nnnn3C[C@H]3CCCO3)N3CCN(c4ccccc4F)CC3)c(=O)[nH]c2c1C. The summed E-state index contributed by atoms with van der Waals surface area (Å²) < 4.78 is 22.1. The number of halogens is 1. The number of aromatic amines is 1. The summed E-state index contributed by atoms with van der Waals surface area (Å²) in [6, 6.07) is 12.5. The van der Waals surface area contributed by atoms with Gasteiger partial charge in [-0.2, -0.15) is 0 Å². The lowest BCUT2D eigenvalue weighted by Crippen LogP contribution is -2.49. The van der Waals surface area contributed by atoms with Gasteiger partial charge in [-0.05, 0) is 71.8 Å². The van der Waals surface area contributed by atoms with Crippen molar-refractivity contribution in [3.8, 4) is 0 Å². The first-order chi connectivity index (χ1) is 18.5. The molecule has 1 N–H and O–H groups in total. The minimum atomic E-state index is -0.455. The van der Waals surface area contributed by atoms with E-state index in [9.17, 15) is 9.18 Å². The third kappa shape index (κ3) is 4.58. The molecule has 4 heterocycles. The van der Waals surface area contributed by atoms with E-state index in [2.05, 4.69) is 36.4 Å². The van der Waals surface area contributed by atoms with E-state index in [0.29, 0.717) is 49.8 Å². The van der Waals surface area contributed by atoms with Gasteiger partial charge in [0.15, 0.2) is 5.82 Å². The lowest BCUT2D eigenvalue weighted by molar-refractivity contribution is 0.0906. The van der Waals surface area contributed by atoms with Crippen molar-refractivity contribution in [2.24, 2.45) is 0 Å². The van der Waals surface area contributed by atoms with Crippen molar-refractivity contribution in [1.29, 1.82) is 0 Å². The number of H-pyrrole nitrogens is 1. The van der Waals surface area contributed by atoms with Crippen molar-refractivity contribution in [2.75, 3.05) is 37.7 Å². The Labute approximate surface area is 220 Å². The molecule has 0 bridgehead atoms. The van der Waals surface area contributed by atoms with Crippen LogP contribution in [0.4, 0.5) is 10.1 Å². The van der Waals surface area contributed by atoms with Crippen molar-refractivity contribution in [3.05, 3.63) is 81.2 Å². The van der Waals surface area contributed by atoms with Crippen LogP contribution in [0, 0.1) is 19.7 Å². The summed E-state index contributed by atoms with van der Waals surface area (Å²) in [6.07, 6.45) is 2.03. The standard InChI is InChI=1S/C28H32FN7O2/c1-18-9-10-20-16-22(28(37)30-25(20)19(18)2)26(27-31-32-33-36(27)17-21-6-5-15-38-21)35-13-11-34(12-14-35)24-8-4-3-7-23(24)29/h3-4,7-10,16,21,26H,5-6,11-15,17H2,1-2H3,(H,30,37)/t21-,26-/m1/s1. The molecular formula is C28H32FN7O2. The van der Waals surface area contributed by atoms with Crippen LogP contribution in [-0.4, -0.2) is 69.0 Å². The third-order valence-electron chi connectivity index (χ3n) is 7.95. The molecule has 0 radical (unpaired) electrons. The highest BCUT2D eigenvalue weighted by atomic mass is 19.1. The molecule has 2 atom stereocenters. The van der Waals surface area contributed by atoms with Crippen LogP contribution in [0.3, 0.4) is 0 Å². The Hall–Kier alpha value is -3.63. The molecule has 6 rings (SSSR count). The molecule has 0 aliphatic carbocycles. The quantitative estimate of drug-likeness (QED) is 0.419. The van der Waals surface area contributed by atoms with Gasteiger partial charge in [0.05, 0.1) is 23.9 Å². The van der Waals surface area contributed by atoms with Gasteiger partial charge in [0.2, 0.25) is 0 Å². The van der Waals surface area contributed by atoms with E-state index >= 15 is 0 Å². The zero-order chi connectivity index (χ0) is 26.2. The molecule has 2 aromatic heterocycles. The van der Waals surface area contributed by atoms with E-state index in [1.165, 1.54) is 6.07 Å². The summed E-state index contributed by atoms with van der Waals surface area (Å²) in [5, 5.41) is 13.7. The van der Waals surface area contributed by atoms with Crippen molar-refractivity contribution in [1.82, 2.24) is 30.1 Å². The van der Waals surface area contributed by atoms with Gasteiger partial charge in [0.25, 0.3) is 5.56 Å². The smallest absolute Gasteiger partial charge is 0.253 e. The number of ether oxygens (including phenoxy) is 1. The second-order valence-electron chi connectivity index (χ2n) is 10.3. The highest BCUT2D eigenvalue weighted by molar-refractivity contribution is 5.83. The Kier molecular flexibility index (Phi) is 6.67. The molecule has 0 amide bonds. The number of nitrogens with one attached hydrogen (secondary N) is 1. The summed E-state index contributed by atoms with van der Waals surface area (Å²) in [6.45, 7) is 7.83. The predicted octanol–water partition coefficient (Wildman–Crippen LogP) is 3.36. The molecule has 9 nitrogen and oxygen atoms in total. The maximum absolute atomic E-state index is 14.5. The van der Waals surface area contributed by atoms with E-state index in [4.69, 9.17) is 4.74 Å². The Bertz CT molecular complexity index is 1500. The fourth-order valence-corrected chi connectivity index (χ4v) is 5.69. The zero-order valence-corrected chi connectivity index (χ0v) is 21.7. The number of para-hydroxylation sites is 1. The Balaban J connectivity index is 1.38. The Morgan fingerprint density at radius 1 is 1.13 bits per heavy atom. The predicted molar refractivity (Wildman–Crippen MR) is 143 cm³/mol. The van der Waals surface area contributed by atoms with Crippen LogP contribution in [0.15, 0.2) is 47.3 Å². The zero-order valence-electron chi connectivity index (χ0n) is 21.7. The normalized spacial score (nSPS) is 19.3. The number of rotatable bonds is 6. The lowest BCUT2D eigenvalue weighted by atomic mass is 9.99. The summed E-state index contributed by atoms with van der Waals surface area (Å²) in [4.78, 5) is 21.0. The number of anilines is 1. The van der Waals surface area contributed by atoms with E-state index in [-0.39, 0.29) is 17.5 Å². The fraction of sp³-hybridized carbons (Fsp3) is 0.429. The summed E-state index contributed by atoms with van der Waals surface area (Å²) >= 11 is 0. The Morgan fingerprint density at radius 2 is 1.95 bits per heavy atom. The average molecular weight is 518 g/mol. The monoisotopic (exact) mass is 517 g/mol. The minimum absolute atomic E-state index is 0.0521. The van der Waals surface area contributed by atoms with Crippen molar-refractivity contribution in [3.63, 3.8) is 0 Å². The highest BCUT2D eigenvalue weighted by Crippen LogP contribution is 2.30. The van der Waals surface area contributed by atoms with Crippen LogP contribution in [0.5, 0.6) is 0 Å². The molecule has 4 aromatic rings. The van der Waals surface area contributed by atoms with E-state index < -0.39 is 6.04 Å². The summed E-state index contributed by atoms with van der Waals surface area (Å²) in [7, 11) is 0. The van der Waals surface area contributed by atoms with Crippen LogP contribution in [0.25, 0.3) is 10.9 Å². The molecule has 2 aliphatic heterocycles. The number of pyridine rings is 1. The number of aromatic nitrogens is 5. The second kappa shape index (κ2) is 10.3. The van der Waals surface area contributed by atoms with Gasteiger partial charge in [-0.3, -0.25) is 9.69 Å². The van der Waals surface area contributed by atoms with Gasteiger partial charge < -0.3 is 14.6 Å². The molecule has 0 saturated carbocycles. The van der Waals surface area contributed by atoms with Crippen LogP contribution in [0.2, 0.25) is 0 Å². The number of tetrazole rings is 1. The molecule has 2 fully saturated rings. The number of fused-ring (bicyclic) bond motifs is 1. The number of piperazine rings is 1. The highest BCUT2D eigenvalue weighted by Gasteiger charge is 2.34. The molecule has 38 heavy (non-hydrogen) atoms. The van der Waals surface area contributed by atoms with Crippen LogP contribution < -0.4 is 10.5 Å². The largest absolute Gasteiger partial charge is 0.376 e. The van der Waals surface area contributed by atoms with Gasteiger partial charge in [0.1, 0.15) is 11.9 Å². The van der Waals surface area contributed by atoms with Gasteiger partial charge in [-0.15, -0.1) is 5.10 Å². The first kappa shape index (κ1) is 24.7. The maximum Gasteiger partial charge on any atom is 0.253 e. The third-order valence-corrected chi connectivity index (χ3v) is 7.95.